The minimum Gasteiger partial charge on any atom is -0.431 e. The molecule has 0 atom stereocenters. The maximum Gasteiger partial charge on any atom is 0.257 e. The number of hydrogen-bond acceptors (Lipinski definition) is 5. The molecule has 0 saturated carbocycles. The largest absolute Gasteiger partial charge is 0.431 e. The summed E-state index contributed by atoms with van der Waals surface area (Å²) in [7, 11) is 0. The van der Waals surface area contributed by atoms with Crippen molar-refractivity contribution in [2.75, 3.05) is 5.75 Å². The highest BCUT2D eigenvalue weighted by Crippen LogP contribution is 2.22. The third-order valence-electron chi connectivity index (χ3n) is 3.25. The second-order valence-corrected chi connectivity index (χ2v) is 6.25. The number of carbonyl (C=O) groups excluding carboxylic acids is 1. The molecule has 0 aliphatic heterocycles. The maximum absolute atomic E-state index is 11.8. The van der Waals surface area contributed by atoms with E-state index in [1.54, 1.807) is 6.21 Å². The van der Waals surface area contributed by atoms with Crippen molar-refractivity contribution < 1.29 is 9.21 Å². The van der Waals surface area contributed by atoms with Gasteiger partial charge in [0.15, 0.2) is 5.58 Å². The molecule has 0 fully saturated rings. The lowest BCUT2D eigenvalue weighted by Crippen LogP contribution is -2.19. The van der Waals surface area contributed by atoms with Gasteiger partial charge in [0.25, 0.3) is 11.1 Å². The fraction of sp³-hybridized carbons (Fsp3) is 0.105. The first-order valence-corrected chi connectivity index (χ1v) is 8.73. The molecule has 1 amide bonds. The van der Waals surface area contributed by atoms with Crippen molar-refractivity contribution >= 4 is 41.1 Å². The Hall–Kier alpha value is -2.86. The van der Waals surface area contributed by atoms with E-state index < -0.39 is 0 Å². The fourth-order valence-electron chi connectivity index (χ4n) is 2.13. The third kappa shape index (κ3) is 5.06. The summed E-state index contributed by atoms with van der Waals surface area (Å²) in [6.45, 7) is 1.93. The summed E-state index contributed by atoms with van der Waals surface area (Å²) >= 11 is 1.24. The van der Waals surface area contributed by atoms with Crippen molar-refractivity contribution in [3.05, 3.63) is 65.7 Å². The molecule has 0 bridgehead atoms. The average Bonchev–Trinajstić information content (AvgIpc) is 3.04. The van der Waals surface area contributed by atoms with Crippen molar-refractivity contribution in [2.24, 2.45) is 5.10 Å². The molecule has 6 heteroatoms. The van der Waals surface area contributed by atoms with Crippen LogP contribution in [0.2, 0.25) is 0 Å². The number of nitrogens with zero attached hydrogens (tertiary/aromatic N) is 2. The van der Waals surface area contributed by atoms with Gasteiger partial charge in [-0.1, -0.05) is 60.3 Å². The lowest BCUT2D eigenvalue weighted by molar-refractivity contribution is -0.118. The molecule has 1 N–H and O–H groups in total. The Morgan fingerprint density at radius 2 is 1.96 bits per heavy atom. The summed E-state index contributed by atoms with van der Waals surface area (Å²) in [6.07, 6.45) is 3.61. The van der Waals surface area contributed by atoms with Crippen molar-refractivity contribution in [1.82, 2.24) is 10.4 Å². The van der Waals surface area contributed by atoms with E-state index in [0.717, 1.165) is 16.7 Å². The quantitative estimate of drug-likeness (QED) is 0.412. The highest BCUT2D eigenvalue weighted by molar-refractivity contribution is 7.99. The number of hydrogen-bond donors (Lipinski definition) is 1. The number of oxazole rings is 1. The van der Waals surface area contributed by atoms with Gasteiger partial charge in [-0.3, -0.25) is 4.79 Å². The zero-order chi connectivity index (χ0) is 17.5. The van der Waals surface area contributed by atoms with Gasteiger partial charge in [0.2, 0.25) is 0 Å². The summed E-state index contributed by atoms with van der Waals surface area (Å²) < 4.78 is 5.55. The lowest BCUT2D eigenvalue weighted by Gasteiger charge is -1.98. The Labute approximate surface area is 149 Å². The molecule has 0 unspecified atom stereocenters. The zero-order valence-corrected chi connectivity index (χ0v) is 14.5. The topological polar surface area (TPSA) is 67.5 Å². The first kappa shape index (κ1) is 17.0. The van der Waals surface area contributed by atoms with E-state index in [1.165, 1.54) is 11.8 Å². The van der Waals surface area contributed by atoms with Gasteiger partial charge in [0, 0.05) is 0 Å². The number of allylic oxidation sites excluding steroid dienone is 1. The summed E-state index contributed by atoms with van der Waals surface area (Å²) in [5.74, 6) is -0.0259. The number of fused-ring (bicyclic) bond motifs is 1. The first-order chi connectivity index (χ1) is 12.2. The van der Waals surface area contributed by atoms with E-state index in [4.69, 9.17) is 4.42 Å². The van der Waals surface area contributed by atoms with E-state index in [1.807, 2.05) is 67.6 Å². The van der Waals surface area contributed by atoms with Crippen LogP contribution in [0.1, 0.15) is 12.5 Å². The van der Waals surface area contributed by atoms with Crippen LogP contribution < -0.4 is 5.43 Å². The molecule has 0 saturated heterocycles. The van der Waals surface area contributed by atoms with Crippen LogP contribution in [0.5, 0.6) is 0 Å². The molecule has 3 rings (SSSR count). The molecule has 126 valence electrons. The predicted molar refractivity (Wildman–Crippen MR) is 101 cm³/mol. The number of rotatable bonds is 6. The smallest absolute Gasteiger partial charge is 0.257 e. The van der Waals surface area contributed by atoms with Crippen molar-refractivity contribution in [3.63, 3.8) is 0 Å². The third-order valence-corrected chi connectivity index (χ3v) is 4.08. The number of aromatic nitrogens is 1. The highest BCUT2D eigenvalue weighted by atomic mass is 32.2. The first-order valence-electron chi connectivity index (χ1n) is 7.74. The molecule has 5 nitrogen and oxygen atoms in total. The van der Waals surface area contributed by atoms with Crippen LogP contribution in [0.15, 0.2) is 74.9 Å². The van der Waals surface area contributed by atoms with Gasteiger partial charge in [-0.2, -0.15) is 5.10 Å². The van der Waals surface area contributed by atoms with Gasteiger partial charge in [-0.15, -0.1) is 0 Å². The van der Waals surface area contributed by atoms with Crippen LogP contribution in [0.3, 0.4) is 0 Å². The van der Waals surface area contributed by atoms with Crippen LogP contribution in [-0.2, 0) is 4.79 Å². The molecule has 0 spiro atoms. The summed E-state index contributed by atoms with van der Waals surface area (Å²) in [5.41, 5.74) is 6.03. The number of thioether (sulfide) groups is 1. The number of carbonyl (C=O) groups is 1. The average molecular weight is 351 g/mol. The van der Waals surface area contributed by atoms with Gasteiger partial charge in [0.05, 0.1) is 12.0 Å². The molecule has 0 aliphatic carbocycles. The number of para-hydroxylation sites is 2. The second-order valence-electron chi connectivity index (χ2n) is 5.33. The van der Waals surface area contributed by atoms with Crippen LogP contribution in [-0.4, -0.2) is 22.9 Å². The lowest BCUT2D eigenvalue weighted by atomic mass is 10.1. The SMILES string of the molecule is CC(/C=N/NC(=O)CSc1nc2ccccc2o1)=C\c1ccccc1. The molecular formula is C19H17N3O2S. The summed E-state index contributed by atoms with van der Waals surface area (Å²) in [4.78, 5) is 16.1. The number of hydrazone groups is 1. The fourth-order valence-corrected chi connectivity index (χ4v) is 2.76. The Bertz CT molecular complexity index is 884. The van der Waals surface area contributed by atoms with Gasteiger partial charge >= 0.3 is 0 Å². The van der Waals surface area contributed by atoms with Crippen molar-refractivity contribution in [2.45, 2.75) is 12.1 Å². The second kappa shape index (κ2) is 8.30. The Kier molecular flexibility index (Phi) is 5.64. The number of nitrogens with one attached hydrogen (secondary N) is 1. The van der Waals surface area contributed by atoms with E-state index >= 15 is 0 Å². The van der Waals surface area contributed by atoms with Gasteiger partial charge < -0.3 is 4.42 Å². The minimum atomic E-state index is -0.212. The van der Waals surface area contributed by atoms with Gasteiger partial charge in [-0.05, 0) is 30.2 Å². The Morgan fingerprint density at radius 3 is 2.76 bits per heavy atom. The maximum atomic E-state index is 11.8. The monoisotopic (exact) mass is 351 g/mol. The normalized spacial score (nSPS) is 12.0. The molecular weight excluding hydrogens is 334 g/mol. The highest BCUT2D eigenvalue weighted by Gasteiger charge is 2.08. The van der Waals surface area contributed by atoms with Crippen LogP contribution in [0.25, 0.3) is 17.2 Å². The summed E-state index contributed by atoms with van der Waals surface area (Å²) in [5, 5.41) is 4.44. The summed E-state index contributed by atoms with van der Waals surface area (Å²) in [6, 6.07) is 17.4. The Balaban J connectivity index is 1.48. The molecule has 1 aromatic heterocycles. The standard InChI is InChI=1S/C19H17N3O2S/c1-14(11-15-7-3-2-4-8-15)12-20-22-18(23)13-25-19-21-16-9-5-6-10-17(16)24-19/h2-12H,13H2,1H3,(H,22,23)/b14-11+,20-12+. The zero-order valence-electron chi connectivity index (χ0n) is 13.7. The van der Waals surface area contributed by atoms with Crippen LogP contribution in [0, 0.1) is 0 Å². The van der Waals surface area contributed by atoms with E-state index in [9.17, 15) is 4.79 Å². The number of benzene rings is 2. The molecule has 3 aromatic rings. The van der Waals surface area contributed by atoms with Gasteiger partial charge in [0.1, 0.15) is 5.52 Å². The molecule has 0 aliphatic rings. The molecule has 2 aromatic carbocycles. The number of amides is 1. The van der Waals surface area contributed by atoms with E-state index in [0.29, 0.717) is 10.8 Å². The minimum absolute atomic E-state index is 0.186. The van der Waals surface area contributed by atoms with Crippen LogP contribution >= 0.6 is 11.8 Å². The van der Waals surface area contributed by atoms with E-state index in [2.05, 4.69) is 15.5 Å². The molecule has 25 heavy (non-hydrogen) atoms. The van der Waals surface area contributed by atoms with Crippen molar-refractivity contribution in [1.29, 1.82) is 0 Å². The molecule has 0 radical (unpaired) electrons. The van der Waals surface area contributed by atoms with E-state index in [-0.39, 0.29) is 11.7 Å². The predicted octanol–water partition coefficient (Wildman–Crippen LogP) is 4.13. The van der Waals surface area contributed by atoms with Crippen molar-refractivity contribution in [3.8, 4) is 0 Å². The van der Waals surface area contributed by atoms with Crippen LogP contribution in [0.4, 0.5) is 0 Å². The Morgan fingerprint density at radius 1 is 1.20 bits per heavy atom. The van der Waals surface area contributed by atoms with Gasteiger partial charge in [-0.25, -0.2) is 10.4 Å². The molecule has 1 heterocycles.